The molecule has 0 aliphatic carbocycles. The Morgan fingerprint density at radius 1 is 1.00 bits per heavy atom. The van der Waals surface area contributed by atoms with E-state index in [4.69, 9.17) is 23.2 Å². The van der Waals surface area contributed by atoms with Gasteiger partial charge < -0.3 is 5.32 Å². The fourth-order valence-electron chi connectivity index (χ4n) is 2.30. The fraction of sp³-hybridized carbons (Fsp3) is 0.188. The molecule has 1 aromatic carbocycles. The van der Waals surface area contributed by atoms with Crippen molar-refractivity contribution in [3.8, 4) is 0 Å². The second-order valence-corrected chi connectivity index (χ2v) is 7.54. The molecule has 1 N–H and O–H groups in total. The molecule has 30 heavy (non-hydrogen) atoms. The molecule has 0 radical (unpaired) electrons. The van der Waals surface area contributed by atoms with Crippen LogP contribution in [0.5, 0.6) is 0 Å². The Bertz CT molecular complexity index is 1120. The minimum absolute atomic E-state index is 0.0477. The van der Waals surface area contributed by atoms with Gasteiger partial charge in [0.2, 0.25) is 5.91 Å². The maximum absolute atomic E-state index is 13.0. The smallest absolute Gasteiger partial charge is 0.324 e. The topological polar surface area (TPSA) is 59.3 Å². The highest BCUT2D eigenvalue weighted by Gasteiger charge is 2.33. The number of carbonyl (C=O) groups excluding carboxylic acids is 1. The molecule has 0 aliphatic rings. The molecule has 0 fully saturated rings. The lowest BCUT2D eigenvalue weighted by Gasteiger charge is -2.11. The molecular formula is C16H8Cl2F6N4OS. The number of rotatable bonds is 4. The van der Waals surface area contributed by atoms with Gasteiger partial charge in [-0.3, -0.25) is 9.20 Å². The minimum atomic E-state index is -4.67. The number of benzene rings is 1. The lowest BCUT2D eigenvalue weighted by Crippen LogP contribution is -2.15. The van der Waals surface area contributed by atoms with Gasteiger partial charge >= 0.3 is 12.4 Å². The molecule has 0 bridgehead atoms. The number of pyridine rings is 1. The third-order valence-electron chi connectivity index (χ3n) is 3.66. The van der Waals surface area contributed by atoms with E-state index >= 15 is 0 Å². The van der Waals surface area contributed by atoms with Gasteiger partial charge in [-0.25, -0.2) is 0 Å². The van der Waals surface area contributed by atoms with E-state index in [2.05, 4.69) is 15.5 Å². The van der Waals surface area contributed by atoms with Crippen molar-refractivity contribution < 1.29 is 31.1 Å². The van der Waals surface area contributed by atoms with Gasteiger partial charge in [-0.2, -0.15) is 26.3 Å². The number of hydrogen-bond donors (Lipinski definition) is 1. The van der Waals surface area contributed by atoms with Crippen molar-refractivity contribution in [2.24, 2.45) is 0 Å². The van der Waals surface area contributed by atoms with Crippen LogP contribution < -0.4 is 5.32 Å². The first-order valence-electron chi connectivity index (χ1n) is 7.77. The van der Waals surface area contributed by atoms with Gasteiger partial charge in [-0.15, -0.1) is 10.2 Å². The normalized spacial score (nSPS) is 12.4. The summed E-state index contributed by atoms with van der Waals surface area (Å²) in [6.07, 6.45) is -8.57. The molecular weight excluding hydrogens is 481 g/mol. The number of halogens is 8. The first-order valence-corrected chi connectivity index (χ1v) is 9.51. The number of nitrogens with zero attached hydrogens (tertiary/aromatic N) is 3. The summed E-state index contributed by atoms with van der Waals surface area (Å²) < 4.78 is 78.3. The van der Waals surface area contributed by atoms with E-state index in [0.717, 1.165) is 22.7 Å². The summed E-state index contributed by atoms with van der Waals surface area (Å²) >= 11 is 12.3. The first kappa shape index (κ1) is 22.5. The molecule has 5 nitrogen and oxygen atoms in total. The van der Waals surface area contributed by atoms with Crippen molar-refractivity contribution in [1.82, 2.24) is 14.6 Å². The van der Waals surface area contributed by atoms with Gasteiger partial charge in [0.15, 0.2) is 10.8 Å². The highest BCUT2D eigenvalue weighted by atomic mass is 35.5. The van der Waals surface area contributed by atoms with E-state index in [1.54, 1.807) is 0 Å². The average molecular weight is 489 g/mol. The van der Waals surface area contributed by atoms with Gasteiger partial charge in [0.25, 0.3) is 0 Å². The van der Waals surface area contributed by atoms with Crippen LogP contribution in [0.2, 0.25) is 10.0 Å². The Labute approximate surface area is 178 Å². The van der Waals surface area contributed by atoms with Gasteiger partial charge in [0.05, 0.1) is 32.6 Å². The molecule has 3 rings (SSSR count). The summed E-state index contributed by atoms with van der Waals surface area (Å²) in [6.45, 7) is 0. The quantitative estimate of drug-likeness (QED) is 0.372. The molecule has 2 heterocycles. The van der Waals surface area contributed by atoms with Gasteiger partial charge in [0.1, 0.15) is 0 Å². The monoisotopic (exact) mass is 488 g/mol. The molecule has 0 spiro atoms. The number of anilines is 1. The molecule has 14 heteroatoms. The van der Waals surface area contributed by atoms with Crippen molar-refractivity contribution >= 4 is 52.2 Å². The van der Waals surface area contributed by atoms with Crippen LogP contribution in [0.15, 0.2) is 35.6 Å². The number of aromatic nitrogens is 3. The van der Waals surface area contributed by atoms with Crippen LogP contribution >= 0.6 is 35.0 Å². The number of thioether (sulfide) groups is 1. The van der Waals surface area contributed by atoms with Crippen molar-refractivity contribution in [2.45, 2.75) is 17.5 Å². The predicted molar refractivity (Wildman–Crippen MR) is 98.8 cm³/mol. The van der Waals surface area contributed by atoms with Crippen LogP contribution in [0, 0.1) is 0 Å². The summed E-state index contributed by atoms with van der Waals surface area (Å²) in [6, 6.07) is 3.12. The maximum atomic E-state index is 13.0. The standard InChI is InChI=1S/C16H8Cl2F6N4OS/c17-9-2-1-7(15(19,20)21)4-11(9)25-12(29)6-30-14-27-26-13-10(18)3-8(5-28(13)14)16(22,23)24/h1-5H,6H2,(H,25,29). The van der Waals surface area contributed by atoms with Crippen LogP contribution in [0.4, 0.5) is 32.0 Å². The zero-order chi connectivity index (χ0) is 22.3. The summed E-state index contributed by atoms with van der Waals surface area (Å²) in [5.74, 6) is -1.14. The Morgan fingerprint density at radius 2 is 1.67 bits per heavy atom. The number of alkyl halides is 6. The molecule has 0 saturated carbocycles. The molecule has 2 aromatic heterocycles. The lowest BCUT2D eigenvalue weighted by atomic mass is 10.2. The summed E-state index contributed by atoms with van der Waals surface area (Å²) in [4.78, 5) is 12.1. The zero-order valence-corrected chi connectivity index (χ0v) is 16.6. The Hall–Kier alpha value is -2.18. The van der Waals surface area contributed by atoms with E-state index in [9.17, 15) is 31.1 Å². The van der Waals surface area contributed by atoms with Gasteiger partial charge in [0, 0.05) is 6.20 Å². The van der Waals surface area contributed by atoms with E-state index in [-0.39, 0.29) is 32.3 Å². The SMILES string of the molecule is O=C(CSc1nnc2c(Cl)cc(C(F)(F)F)cn12)Nc1cc(C(F)(F)F)ccc1Cl. The number of nitrogens with one attached hydrogen (secondary N) is 1. The second-order valence-electron chi connectivity index (χ2n) is 5.78. The van der Waals surface area contributed by atoms with Gasteiger partial charge in [-0.1, -0.05) is 35.0 Å². The first-order chi connectivity index (χ1) is 13.9. The number of fused-ring (bicyclic) bond motifs is 1. The highest BCUT2D eigenvalue weighted by molar-refractivity contribution is 7.99. The van der Waals surface area contributed by atoms with Crippen LogP contribution in [-0.4, -0.2) is 26.3 Å². The zero-order valence-electron chi connectivity index (χ0n) is 14.3. The van der Waals surface area contributed by atoms with Crippen molar-refractivity contribution in [2.75, 3.05) is 11.1 Å². The molecule has 3 aromatic rings. The Balaban J connectivity index is 1.77. The number of amides is 1. The molecule has 1 amide bonds. The van der Waals surface area contributed by atoms with E-state index < -0.39 is 29.4 Å². The van der Waals surface area contributed by atoms with Gasteiger partial charge in [-0.05, 0) is 24.3 Å². The summed E-state index contributed by atoms with van der Waals surface area (Å²) in [5.41, 5.74) is -2.35. The molecule has 0 aliphatic heterocycles. The largest absolute Gasteiger partial charge is 0.417 e. The molecule has 160 valence electrons. The fourth-order valence-corrected chi connectivity index (χ4v) is 3.42. The van der Waals surface area contributed by atoms with Crippen LogP contribution in [0.25, 0.3) is 5.65 Å². The third kappa shape index (κ3) is 4.93. The summed E-state index contributed by atoms with van der Waals surface area (Å²) in [7, 11) is 0. The molecule has 0 saturated heterocycles. The molecule has 0 atom stereocenters. The minimum Gasteiger partial charge on any atom is -0.324 e. The summed E-state index contributed by atoms with van der Waals surface area (Å²) in [5, 5.41) is 9.12. The highest BCUT2D eigenvalue weighted by Crippen LogP contribution is 2.35. The lowest BCUT2D eigenvalue weighted by molar-refractivity contribution is -0.138. The molecule has 0 unspecified atom stereocenters. The van der Waals surface area contributed by atoms with Crippen LogP contribution in [-0.2, 0) is 17.1 Å². The average Bonchev–Trinajstić information content (AvgIpc) is 3.04. The predicted octanol–water partition coefficient (Wildman–Crippen LogP) is 5.80. The van der Waals surface area contributed by atoms with Crippen LogP contribution in [0.3, 0.4) is 0 Å². The van der Waals surface area contributed by atoms with Crippen molar-refractivity contribution in [3.63, 3.8) is 0 Å². The van der Waals surface area contributed by atoms with E-state index in [0.29, 0.717) is 23.9 Å². The van der Waals surface area contributed by atoms with Crippen molar-refractivity contribution in [1.29, 1.82) is 0 Å². The second kappa shape index (κ2) is 8.16. The number of hydrogen-bond acceptors (Lipinski definition) is 4. The number of carbonyl (C=O) groups is 1. The van der Waals surface area contributed by atoms with Crippen LogP contribution in [0.1, 0.15) is 11.1 Å². The Morgan fingerprint density at radius 3 is 2.30 bits per heavy atom. The maximum Gasteiger partial charge on any atom is 0.417 e. The van der Waals surface area contributed by atoms with E-state index in [1.807, 2.05) is 0 Å². The third-order valence-corrected chi connectivity index (χ3v) is 5.21. The van der Waals surface area contributed by atoms with E-state index in [1.165, 1.54) is 0 Å². The Kier molecular flexibility index (Phi) is 6.12. The van der Waals surface area contributed by atoms with Crippen molar-refractivity contribution in [3.05, 3.63) is 51.6 Å².